The van der Waals surface area contributed by atoms with Crippen molar-refractivity contribution in [3.8, 4) is 22.6 Å². The quantitative estimate of drug-likeness (QED) is 0.576. The molecule has 5 rings (SSSR count). The van der Waals surface area contributed by atoms with Crippen molar-refractivity contribution in [2.24, 2.45) is 10.7 Å². The van der Waals surface area contributed by atoms with Crippen molar-refractivity contribution in [3.05, 3.63) is 75.5 Å². The van der Waals surface area contributed by atoms with Gasteiger partial charge in [0, 0.05) is 40.6 Å². The standard InChI is InChI=1S/C21H14BrClN4O2/c1-27-19(28)21(26-20(27)24)15-7-11(12-6-14(23)10-25-9-12)2-4-17(15)29-18-5-3-13(22)8-16(18)21/h2-10H,1H3,(H2,24,26). The molecule has 29 heavy (non-hydrogen) atoms. The predicted molar refractivity (Wildman–Crippen MR) is 114 cm³/mol. The summed E-state index contributed by atoms with van der Waals surface area (Å²) in [7, 11) is 1.62. The van der Waals surface area contributed by atoms with Crippen LogP contribution < -0.4 is 10.5 Å². The summed E-state index contributed by atoms with van der Waals surface area (Å²) in [5, 5.41) is 0.527. The number of rotatable bonds is 1. The number of hydrogen-bond donors (Lipinski definition) is 1. The van der Waals surface area contributed by atoms with Crippen molar-refractivity contribution in [2.75, 3.05) is 7.05 Å². The van der Waals surface area contributed by atoms with Crippen molar-refractivity contribution in [3.63, 3.8) is 0 Å². The minimum Gasteiger partial charge on any atom is -0.457 e. The lowest BCUT2D eigenvalue weighted by molar-refractivity contribution is -0.129. The number of fused-ring (bicyclic) bond motifs is 4. The van der Waals surface area contributed by atoms with E-state index in [4.69, 9.17) is 22.1 Å². The second-order valence-corrected chi connectivity index (χ2v) is 8.24. The second-order valence-electron chi connectivity index (χ2n) is 6.89. The second kappa shape index (κ2) is 6.30. The molecule has 0 bridgehead atoms. The Balaban J connectivity index is 1.80. The molecule has 2 aromatic carbocycles. The zero-order chi connectivity index (χ0) is 20.3. The Kier molecular flexibility index (Phi) is 3.94. The number of nitrogens with two attached hydrogens (primary N) is 1. The highest BCUT2D eigenvalue weighted by molar-refractivity contribution is 9.10. The van der Waals surface area contributed by atoms with Gasteiger partial charge in [-0.1, -0.05) is 33.6 Å². The summed E-state index contributed by atoms with van der Waals surface area (Å²) in [5.74, 6) is 1.04. The van der Waals surface area contributed by atoms with Gasteiger partial charge in [-0.3, -0.25) is 14.7 Å². The molecule has 2 N–H and O–H groups in total. The number of pyridine rings is 1. The molecule has 144 valence electrons. The molecule has 0 aliphatic carbocycles. The smallest absolute Gasteiger partial charge is 0.266 e. The van der Waals surface area contributed by atoms with Gasteiger partial charge in [-0.15, -0.1) is 0 Å². The number of amides is 1. The zero-order valence-electron chi connectivity index (χ0n) is 15.2. The number of carbonyl (C=O) groups excluding carboxylic acids is 1. The van der Waals surface area contributed by atoms with Crippen LogP contribution in [0.3, 0.4) is 0 Å². The fourth-order valence-electron chi connectivity index (χ4n) is 3.78. The van der Waals surface area contributed by atoms with E-state index < -0.39 is 5.54 Å². The van der Waals surface area contributed by atoms with Gasteiger partial charge in [0.15, 0.2) is 5.96 Å². The van der Waals surface area contributed by atoms with Gasteiger partial charge in [-0.2, -0.15) is 0 Å². The molecule has 1 aromatic heterocycles. The van der Waals surface area contributed by atoms with Crippen molar-refractivity contribution in [1.29, 1.82) is 0 Å². The first-order chi connectivity index (χ1) is 13.9. The SMILES string of the molecule is CN1C(=O)C2(N=C1N)c1cc(Br)ccc1Oc1ccc(-c3cncc(Cl)c3)cc12. The van der Waals surface area contributed by atoms with Gasteiger partial charge in [0.1, 0.15) is 11.5 Å². The van der Waals surface area contributed by atoms with E-state index in [2.05, 4.69) is 25.9 Å². The molecule has 2 aliphatic heterocycles. The maximum Gasteiger partial charge on any atom is 0.266 e. The van der Waals surface area contributed by atoms with E-state index >= 15 is 0 Å². The lowest BCUT2D eigenvalue weighted by Gasteiger charge is -2.34. The molecule has 1 spiro atoms. The first-order valence-electron chi connectivity index (χ1n) is 8.77. The molecule has 1 unspecified atom stereocenters. The number of guanidine groups is 1. The molecule has 3 heterocycles. The maximum absolute atomic E-state index is 13.5. The highest BCUT2D eigenvalue weighted by atomic mass is 79.9. The highest BCUT2D eigenvalue weighted by Gasteiger charge is 2.54. The lowest BCUT2D eigenvalue weighted by atomic mass is 9.79. The van der Waals surface area contributed by atoms with Gasteiger partial charge in [-0.25, -0.2) is 4.99 Å². The van der Waals surface area contributed by atoms with Crippen molar-refractivity contribution in [1.82, 2.24) is 9.88 Å². The Morgan fingerprint density at radius 2 is 1.79 bits per heavy atom. The maximum atomic E-state index is 13.5. The monoisotopic (exact) mass is 468 g/mol. The van der Waals surface area contributed by atoms with Crippen molar-refractivity contribution in [2.45, 2.75) is 5.54 Å². The van der Waals surface area contributed by atoms with Crippen LogP contribution in [-0.4, -0.2) is 28.8 Å². The summed E-state index contributed by atoms with van der Waals surface area (Å²) < 4.78 is 6.92. The summed E-state index contributed by atoms with van der Waals surface area (Å²) in [6.07, 6.45) is 3.29. The molecule has 1 atom stereocenters. The number of ether oxygens (including phenoxy) is 1. The summed E-state index contributed by atoms with van der Waals surface area (Å²) in [4.78, 5) is 23.6. The third-order valence-corrected chi connectivity index (χ3v) is 5.90. The molecule has 0 saturated carbocycles. The predicted octanol–water partition coefficient (Wildman–Crippen LogP) is 4.30. The van der Waals surface area contributed by atoms with Crippen molar-refractivity contribution >= 4 is 39.4 Å². The molecule has 0 fully saturated rings. The van der Waals surface area contributed by atoms with Crippen LogP contribution in [0, 0.1) is 0 Å². The molecule has 2 aliphatic rings. The molecule has 0 radical (unpaired) electrons. The number of hydrogen-bond acceptors (Lipinski definition) is 5. The Morgan fingerprint density at radius 3 is 2.48 bits per heavy atom. The van der Waals surface area contributed by atoms with Gasteiger partial charge in [0.25, 0.3) is 5.91 Å². The Bertz CT molecular complexity index is 1230. The van der Waals surface area contributed by atoms with Crippen molar-refractivity contribution < 1.29 is 9.53 Å². The van der Waals surface area contributed by atoms with E-state index in [1.807, 2.05) is 42.5 Å². The average Bonchev–Trinajstić information content (AvgIpc) is 2.93. The van der Waals surface area contributed by atoms with Crippen LogP contribution in [0.2, 0.25) is 5.02 Å². The first kappa shape index (κ1) is 18.1. The zero-order valence-corrected chi connectivity index (χ0v) is 17.5. The Morgan fingerprint density at radius 1 is 1.07 bits per heavy atom. The first-order valence-corrected chi connectivity index (χ1v) is 9.94. The average molecular weight is 470 g/mol. The topological polar surface area (TPSA) is 80.8 Å². The molecular formula is C21H14BrClN4O2. The minimum atomic E-state index is -1.31. The van der Waals surface area contributed by atoms with Gasteiger partial charge in [-0.05, 0) is 42.0 Å². The molecule has 1 amide bonds. The Labute approximate surface area is 180 Å². The fraction of sp³-hybridized carbons (Fsp3) is 0.0952. The van der Waals surface area contributed by atoms with Gasteiger partial charge < -0.3 is 10.5 Å². The third kappa shape index (κ3) is 2.58. The van der Waals surface area contributed by atoms with Crippen LogP contribution in [0.1, 0.15) is 11.1 Å². The molecular weight excluding hydrogens is 456 g/mol. The van der Waals surface area contributed by atoms with E-state index in [-0.39, 0.29) is 11.9 Å². The van der Waals surface area contributed by atoms with Crippen LogP contribution in [0.15, 0.2) is 64.3 Å². The molecule has 8 heteroatoms. The fourth-order valence-corrected chi connectivity index (χ4v) is 4.32. The van der Waals surface area contributed by atoms with E-state index in [1.165, 1.54) is 4.90 Å². The number of carbonyl (C=O) groups is 1. The van der Waals surface area contributed by atoms with Crippen LogP contribution in [0.4, 0.5) is 0 Å². The van der Waals surface area contributed by atoms with Crippen LogP contribution in [0.5, 0.6) is 11.5 Å². The van der Waals surface area contributed by atoms with Crippen LogP contribution in [0.25, 0.3) is 11.1 Å². The summed E-state index contributed by atoms with van der Waals surface area (Å²) in [6.45, 7) is 0. The van der Waals surface area contributed by atoms with Gasteiger partial charge >= 0.3 is 0 Å². The number of likely N-dealkylation sites (N-methyl/N-ethyl adjacent to an activating group) is 1. The summed E-state index contributed by atoms with van der Waals surface area (Å²) in [6, 6.07) is 13.0. The summed E-state index contributed by atoms with van der Waals surface area (Å²) >= 11 is 9.60. The number of halogens is 2. The normalized spacial score (nSPS) is 19.6. The number of nitrogens with zero attached hydrogens (tertiary/aromatic N) is 3. The largest absolute Gasteiger partial charge is 0.457 e. The molecule has 0 saturated heterocycles. The molecule has 6 nitrogen and oxygen atoms in total. The number of aromatic nitrogens is 1. The number of benzene rings is 2. The minimum absolute atomic E-state index is 0.156. The summed E-state index contributed by atoms with van der Waals surface area (Å²) in [5.41, 5.74) is 7.69. The molecule has 3 aromatic rings. The lowest BCUT2D eigenvalue weighted by Crippen LogP contribution is -2.42. The van der Waals surface area contributed by atoms with Gasteiger partial charge in [0.2, 0.25) is 5.54 Å². The number of aliphatic imine (C=N–C) groups is 1. The van der Waals surface area contributed by atoms with E-state index in [0.29, 0.717) is 27.6 Å². The van der Waals surface area contributed by atoms with Crippen LogP contribution >= 0.6 is 27.5 Å². The van der Waals surface area contributed by atoms with Crippen LogP contribution in [-0.2, 0) is 10.3 Å². The van der Waals surface area contributed by atoms with E-state index in [1.54, 1.807) is 19.4 Å². The Hall–Kier alpha value is -2.90. The van der Waals surface area contributed by atoms with E-state index in [0.717, 1.165) is 15.6 Å². The van der Waals surface area contributed by atoms with E-state index in [9.17, 15) is 4.79 Å². The van der Waals surface area contributed by atoms with Gasteiger partial charge in [0.05, 0.1) is 5.02 Å². The highest BCUT2D eigenvalue weighted by Crippen LogP contribution is 2.52. The third-order valence-electron chi connectivity index (χ3n) is 5.20.